The van der Waals surface area contributed by atoms with Gasteiger partial charge in [-0.15, -0.1) is 0 Å². The number of hydrogen-bond acceptors (Lipinski definition) is 10. The van der Waals surface area contributed by atoms with E-state index in [-0.39, 0.29) is 12.4 Å². The Labute approximate surface area is 192 Å². The van der Waals surface area contributed by atoms with Crippen molar-refractivity contribution >= 4 is 29.1 Å². The van der Waals surface area contributed by atoms with Crippen molar-refractivity contribution in [1.82, 2.24) is 15.1 Å². The zero-order valence-corrected chi connectivity index (χ0v) is 18.3. The topological polar surface area (TPSA) is 123 Å². The molecule has 2 aliphatic rings. The second kappa shape index (κ2) is 8.17. The minimum Gasteiger partial charge on any atom is -0.497 e. The lowest BCUT2D eigenvalue weighted by atomic mass is 10.1. The zero-order chi connectivity index (χ0) is 23.1. The van der Waals surface area contributed by atoms with Gasteiger partial charge in [-0.2, -0.15) is 10.1 Å². The van der Waals surface area contributed by atoms with E-state index >= 15 is 0 Å². The number of hydrogen-bond donors (Lipinski definition) is 0. The number of methoxy groups -OCH3 is 2. The van der Waals surface area contributed by atoms with Crippen LogP contribution < -0.4 is 14.4 Å². The molecule has 1 fully saturated rings. The van der Waals surface area contributed by atoms with Gasteiger partial charge in [-0.1, -0.05) is 34.1 Å². The second-order valence-electron chi connectivity index (χ2n) is 7.27. The number of anilines is 1. The number of halogens is 1. The maximum absolute atomic E-state index is 13.2. The molecule has 0 N–H and O–H groups in total. The Hall–Kier alpha value is -3.99. The maximum atomic E-state index is 13.2. The monoisotopic (exact) mass is 468 g/mol. The van der Waals surface area contributed by atoms with Crippen molar-refractivity contribution in [2.75, 3.05) is 19.1 Å². The first-order chi connectivity index (χ1) is 16.0. The molecule has 0 aliphatic carbocycles. The molecule has 0 bridgehead atoms. The molecule has 0 radical (unpaired) electrons. The molecule has 168 valence electrons. The molecule has 33 heavy (non-hydrogen) atoms. The van der Waals surface area contributed by atoms with E-state index in [9.17, 15) is 9.59 Å². The highest BCUT2D eigenvalue weighted by molar-refractivity contribution is 6.33. The number of aromatic nitrogens is 2. The Morgan fingerprint density at radius 2 is 1.79 bits per heavy atom. The average Bonchev–Trinajstić information content (AvgIpc) is 3.52. The number of carbonyl (C=O) groups is 2. The van der Waals surface area contributed by atoms with Gasteiger partial charge in [0.1, 0.15) is 18.0 Å². The van der Waals surface area contributed by atoms with Gasteiger partial charge in [0.25, 0.3) is 11.8 Å². The fourth-order valence-corrected chi connectivity index (χ4v) is 3.96. The van der Waals surface area contributed by atoms with Crippen LogP contribution in [0.3, 0.4) is 0 Å². The minimum absolute atomic E-state index is 0.00356. The number of nitrogens with zero attached hydrogens (tertiary/aromatic N) is 6. The van der Waals surface area contributed by atoms with Gasteiger partial charge in [0.2, 0.25) is 11.7 Å². The van der Waals surface area contributed by atoms with Crippen molar-refractivity contribution in [2.24, 2.45) is 10.3 Å². The smallest absolute Gasteiger partial charge is 0.263 e. The Morgan fingerprint density at radius 1 is 1.06 bits per heavy atom. The Morgan fingerprint density at radius 3 is 2.48 bits per heavy atom. The fourth-order valence-electron chi connectivity index (χ4n) is 3.74. The molecule has 2 atom stereocenters. The molecular weight excluding hydrogens is 452 g/mol. The molecule has 0 spiro atoms. The summed E-state index contributed by atoms with van der Waals surface area (Å²) in [4.78, 5) is 31.6. The van der Waals surface area contributed by atoms with Crippen molar-refractivity contribution < 1.29 is 23.6 Å². The number of imide groups is 1. The van der Waals surface area contributed by atoms with Gasteiger partial charge in [-0.25, -0.2) is 4.90 Å². The number of carbonyl (C=O) groups excluding carboxylic acids is 2. The van der Waals surface area contributed by atoms with E-state index in [1.165, 1.54) is 19.2 Å². The minimum atomic E-state index is -0.972. The van der Waals surface area contributed by atoms with Crippen LogP contribution in [0, 0.1) is 0 Å². The average molecular weight is 469 g/mol. The molecule has 2 aromatic carbocycles. The number of ether oxygens (including phenoxy) is 2. The summed E-state index contributed by atoms with van der Waals surface area (Å²) >= 11 is 6.19. The summed E-state index contributed by atoms with van der Waals surface area (Å²) in [6.07, 6.45) is 0. The third kappa shape index (κ3) is 3.55. The lowest BCUT2D eigenvalue weighted by Gasteiger charge is -2.20. The van der Waals surface area contributed by atoms with E-state index in [0.717, 1.165) is 4.90 Å². The van der Waals surface area contributed by atoms with Gasteiger partial charge < -0.3 is 14.0 Å². The van der Waals surface area contributed by atoms with Crippen LogP contribution in [0.4, 0.5) is 5.69 Å². The summed E-state index contributed by atoms with van der Waals surface area (Å²) < 4.78 is 15.8. The Kier molecular flexibility index (Phi) is 5.17. The highest BCUT2D eigenvalue weighted by atomic mass is 35.5. The van der Waals surface area contributed by atoms with Crippen LogP contribution in [0.15, 0.2) is 57.3 Å². The second-order valence-corrected chi connectivity index (χ2v) is 7.67. The van der Waals surface area contributed by atoms with Gasteiger partial charge in [0, 0.05) is 23.8 Å². The van der Waals surface area contributed by atoms with Crippen molar-refractivity contribution in [2.45, 2.75) is 18.6 Å². The van der Waals surface area contributed by atoms with E-state index in [2.05, 4.69) is 20.5 Å². The molecule has 3 aromatic rings. The molecule has 2 amide bonds. The van der Waals surface area contributed by atoms with E-state index in [0.29, 0.717) is 33.6 Å². The molecule has 11 nitrogen and oxygen atoms in total. The van der Waals surface area contributed by atoms with Gasteiger partial charge in [-0.05, 0) is 12.1 Å². The maximum Gasteiger partial charge on any atom is 0.263 e. The molecule has 3 heterocycles. The SMILES string of the molecule is COc1cc(OC)cc(N2C(=O)[C@@H]3N=NN(Cc4nc(-c5ccccc5Cl)no4)[C@H]3C2=O)c1. The van der Waals surface area contributed by atoms with Crippen LogP contribution in [0.1, 0.15) is 5.89 Å². The number of fused-ring (bicyclic) bond motifs is 1. The van der Waals surface area contributed by atoms with Gasteiger partial charge in [0.15, 0.2) is 12.1 Å². The molecule has 5 rings (SSSR count). The fraction of sp³-hybridized carbons (Fsp3) is 0.238. The van der Waals surface area contributed by atoms with Crippen molar-refractivity contribution in [1.29, 1.82) is 0 Å². The van der Waals surface area contributed by atoms with Crippen LogP contribution in [-0.4, -0.2) is 53.3 Å². The van der Waals surface area contributed by atoms with E-state index in [4.69, 9.17) is 25.6 Å². The summed E-state index contributed by atoms with van der Waals surface area (Å²) in [6.45, 7) is -0.00356. The highest BCUT2D eigenvalue weighted by Crippen LogP contribution is 2.36. The third-order valence-corrected chi connectivity index (χ3v) is 5.66. The van der Waals surface area contributed by atoms with Crippen LogP contribution in [-0.2, 0) is 16.1 Å². The number of rotatable bonds is 6. The molecule has 1 saturated heterocycles. The highest BCUT2D eigenvalue weighted by Gasteiger charge is 2.55. The lowest BCUT2D eigenvalue weighted by molar-refractivity contribution is -0.123. The first kappa shape index (κ1) is 20.9. The summed E-state index contributed by atoms with van der Waals surface area (Å²) in [5.74, 6) is 0.426. The normalized spacial score (nSPS) is 19.4. The predicted octanol–water partition coefficient (Wildman–Crippen LogP) is 2.90. The van der Waals surface area contributed by atoms with Crippen molar-refractivity contribution in [3.05, 3.63) is 53.4 Å². The van der Waals surface area contributed by atoms with Crippen molar-refractivity contribution in [3.8, 4) is 22.9 Å². The first-order valence-electron chi connectivity index (χ1n) is 9.86. The van der Waals surface area contributed by atoms with E-state index < -0.39 is 23.9 Å². The van der Waals surface area contributed by atoms with Crippen LogP contribution in [0.25, 0.3) is 11.4 Å². The Bertz CT molecular complexity index is 1260. The number of amides is 2. The quantitative estimate of drug-likeness (QED) is 0.506. The summed E-state index contributed by atoms with van der Waals surface area (Å²) in [6, 6.07) is 9.99. The van der Waals surface area contributed by atoms with Crippen LogP contribution >= 0.6 is 11.6 Å². The van der Waals surface area contributed by atoms with Crippen molar-refractivity contribution in [3.63, 3.8) is 0 Å². The van der Waals surface area contributed by atoms with Crippen LogP contribution in [0.2, 0.25) is 5.02 Å². The van der Waals surface area contributed by atoms with Gasteiger partial charge in [0.05, 0.1) is 24.9 Å². The molecule has 0 saturated carbocycles. The van der Waals surface area contributed by atoms with Gasteiger partial charge >= 0.3 is 0 Å². The molecule has 2 aliphatic heterocycles. The number of benzene rings is 2. The molecular formula is C21H17ClN6O5. The summed E-state index contributed by atoms with van der Waals surface area (Å²) in [7, 11) is 2.97. The molecule has 1 aromatic heterocycles. The first-order valence-corrected chi connectivity index (χ1v) is 10.2. The van der Waals surface area contributed by atoms with E-state index in [1.807, 2.05) is 6.07 Å². The third-order valence-electron chi connectivity index (χ3n) is 5.33. The molecule has 12 heteroatoms. The zero-order valence-electron chi connectivity index (χ0n) is 17.5. The molecule has 0 unspecified atom stereocenters. The largest absolute Gasteiger partial charge is 0.497 e. The van der Waals surface area contributed by atoms with Gasteiger partial charge in [-0.3, -0.25) is 14.6 Å². The predicted molar refractivity (Wildman–Crippen MR) is 115 cm³/mol. The Balaban J connectivity index is 1.39. The van der Waals surface area contributed by atoms with Crippen LogP contribution in [0.5, 0.6) is 11.5 Å². The summed E-state index contributed by atoms with van der Waals surface area (Å²) in [5.41, 5.74) is 0.935. The standard InChI is InChI=1S/C21H17ClN6O5/c1-31-12-7-11(8-13(9-12)32-2)28-20(29)17-18(21(28)30)27(26-24-17)10-16-23-19(25-33-16)14-5-3-4-6-15(14)22/h3-9,17-18H,10H2,1-2H3/t17-,18-/m1/s1. The summed E-state index contributed by atoms with van der Waals surface area (Å²) in [5, 5.41) is 13.8. The lowest BCUT2D eigenvalue weighted by Crippen LogP contribution is -2.39. The van der Waals surface area contributed by atoms with E-state index in [1.54, 1.807) is 36.4 Å².